The summed E-state index contributed by atoms with van der Waals surface area (Å²) in [5, 5.41) is 20.4. The Balaban J connectivity index is 1.66. The highest BCUT2D eigenvalue weighted by Crippen LogP contribution is 2.44. The van der Waals surface area contributed by atoms with E-state index in [1.165, 1.54) is 16.2 Å². The van der Waals surface area contributed by atoms with Crippen LogP contribution in [0.5, 0.6) is 17.2 Å². The van der Waals surface area contributed by atoms with Crippen LogP contribution in [0.3, 0.4) is 0 Å². The summed E-state index contributed by atoms with van der Waals surface area (Å²) in [7, 11) is 0. The Morgan fingerprint density at radius 1 is 1.14 bits per heavy atom. The Kier molecular flexibility index (Phi) is 6.12. The third-order valence-corrected chi connectivity index (χ3v) is 6.47. The summed E-state index contributed by atoms with van der Waals surface area (Å²) in [6.45, 7) is 5.10. The van der Waals surface area contributed by atoms with Gasteiger partial charge in [-0.25, -0.2) is 0 Å². The van der Waals surface area contributed by atoms with Crippen molar-refractivity contribution in [2.45, 2.75) is 26.3 Å². The Bertz CT molecular complexity index is 1330. The minimum Gasteiger partial charge on any atom is -0.507 e. The fraction of sp³-hybridized carbons (Fsp3) is 0.280. The van der Waals surface area contributed by atoms with Gasteiger partial charge in [0.25, 0.3) is 5.78 Å². The van der Waals surface area contributed by atoms with E-state index in [1.54, 1.807) is 49.4 Å². The number of hydrogen-bond acceptors (Lipinski definition) is 9. The third kappa shape index (κ3) is 4.21. The minimum absolute atomic E-state index is 0.0489. The average Bonchev–Trinajstić information content (AvgIpc) is 3.42. The number of carbonyl (C=O) groups is 2. The number of carbonyl (C=O) groups excluding carboxylic acids is 2. The molecule has 0 radical (unpaired) electrons. The van der Waals surface area contributed by atoms with Crippen molar-refractivity contribution in [2.75, 3.05) is 24.7 Å². The Morgan fingerprint density at radius 3 is 2.69 bits per heavy atom. The number of Topliss-reactive ketones (excluding diaryl/α,β-unsaturated/α-hetero) is 1. The van der Waals surface area contributed by atoms with Gasteiger partial charge >= 0.3 is 5.91 Å². The van der Waals surface area contributed by atoms with Crippen molar-refractivity contribution in [3.63, 3.8) is 0 Å². The van der Waals surface area contributed by atoms with Gasteiger partial charge in [-0.3, -0.25) is 14.5 Å². The van der Waals surface area contributed by atoms with Crippen LogP contribution in [0.1, 0.15) is 35.5 Å². The molecule has 1 saturated heterocycles. The number of amides is 1. The van der Waals surface area contributed by atoms with E-state index in [9.17, 15) is 14.7 Å². The fourth-order valence-electron chi connectivity index (χ4n) is 4.07. The second-order valence-electron chi connectivity index (χ2n) is 8.05. The number of ether oxygens (including phenoxy) is 3. The number of nitrogens with zero attached hydrogens (tertiary/aromatic N) is 3. The Labute approximate surface area is 205 Å². The van der Waals surface area contributed by atoms with Gasteiger partial charge in [-0.2, -0.15) is 0 Å². The molecular formula is C25H23N3O6S. The van der Waals surface area contributed by atoms with Crippen LogP contribution in [0.2, 0.25) is 0 Å². The lowest BCUT2D eigenvalue weighted by Gasteiger charge is -2.23. The molecule has 1 amide bonds. The van der Waals surface area contributed by atoms with E-state index in [0.29, 0.717) is 53.2 Å². The van der Waals surface area contributed by atoms with E-state index in [-0.39, 0.29) is 16.5 Å². The number of aryl methyl sites for hydroxylation is 1. The molecule has 5 rings (SSSR count). The smallest absolute Gasteiger partial charge is 0.301 e. The average molecular weight is 494 g/mol. The van der Waals surface area contributed by atoms with Crippen molar-refractivity contribution in [1.82, 2.24) is 10.2 Å². The van der Waals surface area contributed by atoms with Crippen molar-refractivity contribution in [1.29, 1.82) is 0 Å². The van der Waals surface area contributed by atoms with Crippen molar-refractivity contribution >= 4 is 33.9 Å². The normalized spacial score (nSPS) is 18.7. The van der Waals surface area contributed by atoms with Crippen molar-refractivity contribution in [3.8, 4) is 17.2 Å². The first-order chi connectivity index (χ1) is 17.0. The molecule has 1 aromatic heterocycles. The van der Waals surface area contributed by atoms with Gasteiger partial charge in [-0.05, 0) is 49.2 Å². The lowest BCUT2D eigenvalue weighted by atomic mass is 9.95. The molecule has 0 unspecified atom stereocenters. The zero-order valence-electron chi connectivity index (χ0n) is 19.2. The highest BCUT2D eigenvalue weighted by atomic mass is 32.1. The van der Waals surface area contributed by atoms with Gasteiger partial charge in [0.15, 0.2) is 11.5 Å². The summed E-state index contributed by atoms with van der Waals surface area (Å²) >= 11 is 1.19. The molecule has 0 spiro atoms. The summed E-state index contributed by atoms with van der Waals surface area (Å²) < 4.78 is 17.0. The van der Waals surface area contributed by atoms with Gasteiger partial charge < -0.3 is 19.3 Å². The molecule has 3 aromatic rings. The summed E-state index contributed by atoms with van der Waals surface area (Å²) in [6, 6.07) is 11.1. The predicted octanol–water partition coefficient (Wildman–Crippen LogP) is 4.03. The predicted molar refractivity (Wildman–Crippen MR) is 129 cm³/mol. The molecule has 1 fully saturated rings. The monoisotopic (exact) mass is 493 g/mol. The van der Waals surface area contributed by atoms with Crippen LogP contribution in [-0.4, -0.2) is 46.8 Å². The van der Waals surface area contributed by atoms with E-state index >= 15 is 0 Å². The SMILES string of the molecule is CCCOc1cccc([C@@H]2C(=C(O)c3ccc4c(c3)OCCO4)C(=O)C(=O)N2c2nnc(C)s2)c1. The van der Waals surface area contributed by atoms with Gasteiger partial charge in [-0.1, -0.05) is 30.4 Å². The molecule has 10 heteroatoms. The number of aliphatic hydroxyl groups excluding tert-OH is 1. The molecule has 1 N–H and O–H groups in total. The molecule has 35 heavy (non-hydrogen) atoms. The molecule has 0 bridgehead atoms. The number of fused-ring (bicyclic) bond motifs is 1. The number of ketones is 1. The first-order valence-corrected chi connectivity index (χ1v) is 12.0. The van der Waals surface area contributed by atoms with Crippen LogP contribution < -0.4 is 19.1 Å². The van der Waals surface area contributed by atoms with Crippen LogP contribution in [0, 0.1) is 6.92 Å². The highest BCUT2D eigenvalue weighted by molar-refractivity contribution is 7.15. The quantitative estimate of drug-likeness (QED) is 0.311. The third-order valence-electron chi connectivity index (χ3n) is 5.63. The number of benzene rings is 2. The molecule has 1 atom stereocenters. The molecule has 0 aliphatic carbocycles. The summed E-state index contributed by atoms with van der Waals surface area (Å²) in [5.74, 6) is -0.299. The van der Waals surface area contributed by atoms with Crippen LogP contribution >= 0.6 is 11.3 Å². The highest BCUT2D eigenvalue weighted by Gasteiger charge is 2.48. The minimum atomic E-state index is -0.916. The molecule has 0 saturated carbocycles. The molecular weight excluding hydrogens is 470 g/mol. The topological polar surface area (TPSA) is 111 Å². The molecule has 180 valence electrons. The lowest BCUT2D eigenvalue weighted by Crippen LogP contribution is -2.29. The zero-order valence-corrected chi connectivity index (χ0v) is 20.0. The molecule has 3 heterocycles. The van der Waals surface area contributed by atoms with Crippen molar-refractivity contribution < 1.29 is 28.9 Å². The zero-order chi connectivity index (χ0) is 24.5. The van der Waals surface area contributed by atoms with Crippen molar-refractivity contribution in [2.24, 2.45) is 0 Å². The maximum absolute atomic E-state index is 13.3. The standard InChI is InChI=1S/C25H23N3O6S/c1-3-9-32-17-6-4-5-15(12-17)21-20(23(30)24(31)28(21)25-27-26-14(2)35-25)22(29)16-7-8-18-19(13-16)34-11-10-33-18/h4-8,12-13,21,29H,3,9-11H2,1-2H3/t21-/m1/s1. The molecule has 2 aromatic carbocycles. The largest absolute Gasteiger partial charge is 0.507 e. The molecule has 2 aliphatic rings. The lowest BCUT2D eigenvalue weighted by molar-refractivity contribution is -0.132. The summed E-state index contributed by atoms with van der Waals surface area (Å²) in [5.41, 5.74) is 0.890. The summed E-state index contributed by atoms with van der Waals surface area (Å²) in [6.07, 6.45) is 0.830. The Morgan fingerprint density at radius 2 is 1.94 bits per heavy atom. The van der Waals surface area contributed by atoms with E-state index in [0.717, 1.165) is 6.42 Å². The van der Waals surface area contributed by atoms with E-state index in [1.807, 2.05) is 6.92 Å². The molecule has 2 aliphatic heterocycles. The van der Waals surface area contributed by atoms with Crippen LogP contribution in [0.15, 0.2) is 48.0 Å². The number of rotatable bonds is 6. The van der Waals surface area contributed by atoms with Crippen molar-refractivity contribution in [3.05, 3.63) is 64.2 Å². The van der Waals surface area contributed by atoms with E-state index < -0.39 is 17.7 Å². The van der Waals surface area contributed by atoms with Crippen LogP contribution in [0.25, 0.3) is 5.76 Å². The summed E-state index contributed by atoms with van der Waals surface area (Å²) in [4.78, 5) is 27.8. The second kappa shape index (κ2) is 9.38. The second-order valence-corrected chi connectivity index (χ2v) is 9.21. The van der Waals surface area contributed by atoms with E-state index in [4.69, 9.17) is 14.2 Å². The fourth-order valence-corrected chi connectivity index (χ4v) is 4.78. The number of hydrogen-bond donors (Lipinski definition) is 1. The molecule has 9 nitrogen and oxygen atoms in total. The maximum atomic E-state index is 13.3. The van der Waals surface area contributed by atoms with Crippen LogP contribution in [-0.2, 0) is 9.59 Å². The maximum Gasteiger partial charge on any atom is 0.301 e. The first kappa shape index (κ1) is 22.9. The van der Waals surface area contributed by atoms with Gasteiger partial charge in [0.05, 0.1) is 18.2 Å². The number of aromatic nitrogens is 2. The first-order valence-electron chi connectivity index (χ1n) is 11.2. The van der Waals surface area contributed by atoms with Crippen LogP contribution in [0.4, 0.5) is 5.13 Å². The van der Waals surface area contributed by atoms with Gasteiger partial charge in [-0.15, -0.1) is 10.2 Å². The number of aliphatic hydroxyl groups is 1. The number of anilines is 1. The van der Waals surface area contributed by atoms with Gasteiger partial charge in [0.2, 0.25) is 5.13 Å². The van der Waals surface area contributed by atoms with Gasteiger partial charge in [0, 0.05) is 5.56 Å². The van der Waals surface area contributed by atoms with Gasteiger partial charge in [0.1, 0.15) is 29.7 Å². The Hall–Kier alpha value is -3.92. The van der Waals surface area contributed by atoms with E-state index in [2.05, 4.69) is 10.2 Å².